The van der Waals surface area contributed by atoms with Crippen molar-refractivity contribution in [3.05, 3.63) is 29.8 Å². The maximum atomic E-state index is 11.6. The number of hydrogen-bond acceptors (Lipinski definition) is 3. The number of ether oxygens (including phenoxy) is 1. The minimum absolute atomic E-state index is 0.0698. The zero-order valence-electron chi connectivity index (χ0n) is 9.93. The number of carbonyl (C=O) groups is 1. The quantitative estimate of drug-likeness (QED) is 0.796. The summed E-state index contributed by atoms with van der Waals surface area (Å²) in [6.45, 7) is 5.63. The SMILES string of the molecule is CCC(C)C(=O)OC(C)c1ccc(O)cc1. The van der Waals surface area contributed by atoms with Crippen molar-refractivity contribution in [3.8, 4) is 5.75 Å². The van der Waals surface area contributed by atoms with Gasteiger partial charge < -0.3 is 9.84 Å². The first-order chi connectivity index (χ1) is 7.54. The molecule has 0 amide bonds. The molecule has 0 aliphatic rings. The van der Waals surface area contributed by atoms with Crippen LogP contribution in [0, 0.1) is 5.92 Å². The summed E-state index contributed by atoms with van der Waals surface area (Å²) in [5.74, 6) is -0.0353. The van der Waals surface area contributed by atoms with Gasteiger partial charge in [0.15, 0.2) is 0 Å². The monoisotopic (exact) mass is 222 g/mol. The van der Waals surface area contributed by atoms with Crippen LogP contribution in [-0.2, 0) is 9.53 Å². The van der Waals surface area contributed by atoms with Gasteiger partial charge >= 0.3 is 5.97 Å². The van der Waals surface area contributed by atoms with Crippen molar-refractivity contribution in [1.82, 2.24) is 0 Å². The molecule has 0 aliphatic carbocycles. The Hall–Kier alpha value is -1.51. The second-order valence-corrected chi connectivity index (χ2v) is 3.98. The first-order valence-electron chi connectivity index (χ1n) is 5.54. The van der Waals surface area contributed by atoms with Gasteiger partial charge in [-0.2, -0.15) is 0 Å². The third-order valence-electron chi connectivity index (χ3n) is 2.67. The Morgan fingerprint density at radius 2 is 1.88 bits per heavy atom. The van der Waals surface area contributed by atoms with E-state index in [1.807, 2.05) is 20.8 Å². The molecule has 0 heterocycles. The van der Waals surface area contributed by atoms with E-state index in [0.29, 0.717) is 0 Å². The summed E-state index contributed by atoms with van der Waals surface area (Å²) < 4.78 is 5.31. The van der Waals surface area contributed by atoms with Gasteiger partial charge in [-0.1, -0.05) is 26.0 Å². The summed E-state index contributed by atoms with van der Waals surface area (Å²) >= 11 is 0. The van der Waals surface area contributed by atoms with Crippen LogP contribution in [0.15, 0.2) is 24.3 Å². The maximum absolute atomic E-state index is 11.6. The number of phenols is 1. The van der Waals surface area contributed by atoms with E-state index in [9.17, 15) is 4.79 Å². The van der Waals surface area contributed by atoms with Gasteiger partial charge in [-0.3, -0.25) is 4.79 Å². The third kappa shape index (κ3) is 3.26. The van der Waals surface area contributed by atoms with E-state index in [0.717, 1.165) is 12.0 Å². The zero-order valence-corrected chi connectivity index (χ0v) is 9.93. The minimum atomic E-state index is -0.276. The fourth-order valence-corrected chi connectivity index (χ4v) is 1.27. The number of hydrogen-bond donors (Lipinski definition) is 1. The average Bonchev–Trinajstić information content (AvgIpc) is 2.28. The predicted molar refractivity (Wildman–Crippen MR) is 62.1 cm³/mol. The topological polar surface area (TPSA) is 46.5 Å². The van der Waals surface area contributed by atoms with E-state index >= 15 is 0 Å². The Bertz CT molecular complexity index is 343. The van der Waals surface area contributed by atoms with Gasteiger partial charge in [-0.15, -0.1) is 0 Å². The lowest BCUT2D eigenvalue weighted by molar-refractivity contribution is -0.153. The van der Waals surface area contributed by atoms with E-state index in [4.69, 9.17) is 9.84 Å². The highest BCUT2D eigenvalue weighted by Gasteiger charge is 2.16. The summed E-state index contributed by atoms with van der Waals surface area (Å²) in [5, 5.41) is 9.14. The minimum Gasteiger partial charge on any atom is -0.508 e. The Morgan fingerprint density at radius 3 is 2.38 bits per heavy atom. The van der Waals surface area contributed by atoms with Gasteiger partial charge in [0.05, 0.1) is 5.92 Å². The first kappa shape index (κ1) is 12.6. The zero-order chi connectivity index (χ0) is 12.1. The molecule has 1 rings (SSSR count). The van der Waals surface area contributed by atoms with Gasteiger partial charge in [0.25, 0.3) is 0 Å². The largest absolute Gasteiger partial charge is 0.508 e. The molecule has 3 nitrogen and oxygen atoms in total. The second kappa shape index (κ2) is 5.54. The van der Waals surface area contributed by atoms with Gasteiger partial charge in [0.1, 0.15) is 11.9 Å². The smallest absolute Gasteiger partial charge is 0.309 e. The Labute approximate surface area is 96.1 Å². The van der Waals surface area contributed by atoms with Crippen LogP contribution < -0.4 is 0 Å². The lowest BCUT2D eigenvalue weighted by Gasteiger charge is -2.16. The molecule has 16 heavy (non-hydrogen) atoms. The molecule has 0 spiro atoms. The maximum Gasteiger partial charge on any atom is 0.309 e. The van der Waals surface area contributed by atoms with E-state index < -0.39 is 0 Å². The van der Waals surface area contributed by atoms with Crippen LogP contribution in [0.5, 0.6) is 5.75 Å². The molecular weight excluding hydrogens is 204 g/mol. The highest BCUT2D eigenvalue weighted by Crippen LogP contribution is 2.21. The number of aromatic hydroxyl groups is 1. The summed E-state index contributed by atoms with van der Waals surface area (Å²) in [5.41, 5.74) is 0.884. The number of rotatable bonds is 4. The van der Waals surface area contributed by atoms with E-state index in [-0.39, 0.29) is 23.7 Å². The molecule has 0 saturated carbocycles. The Kier molecular flexibility index (Phi) is 4.35. The fraction of sp³-hybridized carbons (Fsp3) is 0.462. The van der Waals surface area contributed by atoms with Crippen LogP contribution in [0.4, 0.5) is 0 Å². The molecule has 1 aromatic rings. The van der Waals surface area contributed by atoms with E-state index in [1.165, 1.54) is 0 Å². The van der Waals surface area contributed by atoms with Crippen molar-refractivity contribution in [2.24, 2.45) is 5.92 Å². The third-order valence-corrected chi connectivity index (χ3v) is 2.67. The molecule has 88 valence electrons. The van der Waals surface area contributed by atoms with Crippen LogP contribution >= 0.6 is 0 Å². The van der Waals surface area contributed by atoms with Crippen molar-refractivity contribution in [1.29, 1.82) is 0 Å². The van der Waals surface area contributed by atoms with Crippen LogP contribution in [0.25, 0.3) is 0 Å². The summed E-state index contributed by atoms with van der Waals surface area (Å²) in [6, 6.07) is 6.68. The number of esters is 1. The van der Waals surface area contributed by atoms with E-state index in [2.05, 4.69) is 0 Å². The molecule has 0 aliphatic heterocycles. The van der Waals surface area contributed by atoms with Gasteiger partial charge in [-0.05, 0) is 31.0 Å². The Balaban J connectivity index is 2.62. The van der Waals surface area contributed by atoms with Crippen LogP contribution in [0.3, 0.4) is 0 Å². The molecule has 0 aromatic heterocycles. The van der Waals surface area contributed by atoms with Crippen molar-refractivity contribution in [3.63, 3.8) is 0 Å². The van der Waals surface area contributed by atoms with Crippen LogP contribution in [-0.4, -0.2) is 11.1 Å². The van der Waals surface area contributed by atoms with Gasteiger partial charge in [0.2, 0.25) is 0 Å². The molecule has 1 N–H and O–H groups in total. The van der Waals surface area contributed by atoms with Crippen molar-refractivity contribution in [2.45, 2.75) is 33.3 Å². The molecular formula is C13H18O3. The lowest BCUT2D eigenvalue weighted by Crippen LogP contribution is -2.16. The summed E-state index contributed by atoms with van der Waals surface area (Å²) in [4.78, 5) is 11.6. The average molecular weight is 222 g/mol. The molecule has 0 radical (unpaired) electrons. The van der Waals surface area contributed by atoms with Crippen LogP contribution in [0.1, 0.15) is 38.9 Å². The molecule has 2 unspecified atom stereocenters. The molecule has 0 saturated heterocycles. The fourth-order valence-electron chi connectivity index (χ4n) is 1.27. The van der Waals surface area contributed by atoms with Crippen molar-refractivity contribution in [2.75, 3.05) is 0 Å². The van der Waals surface area contributed by atoms with Crippen molar-refractivity contribution < 1.29 is 14.6 Å². The Morgan fingerprint density at radius 1 is 1.31 bits per heavy atom. The van der Waals surface area contributed by atoms with Gasteiger partial charge in [0, 0.05) is 0 Å². The molecule has 3 heteroatoms. The highest BCUT2D eigenvalue weighted by molar-refractivity contribution is 5.72. The first-order valence-corrected chi connectivity index (χ1v) is 5.54. The molecule has 2 atom stereocenters. The summed E-state index contributed by atoms with van der Waals surface area (Å²) in [7, 11) is 0. The number of benzene rings is 1. The number of phenolic OH excluding ortho intramolecular Hbond substituents is 1. The number of carbonyl (C=O) groups excluding carboxylic acids is 1. The van der Waals surface area contributed by atoms with Crippen LogP contribution in [0.2, 0.25) is 0 Å². The van der Waals surface area contributed by atoms with Crippen molar-refractivity contribution >= 4 is 5.97 Å². The summed E-state index contributed by atoms with van der Waals surface area (Å²) in [6.07, 6.45) is 0.503. The predicted octanol–water partition coefficient (Wildman–Crippen LogP) is 3.04. The molecule has 0 fully saturated rings. The lowest BCUT2D eigenvalue weighted by atomic mass is 10.1. The standard InChI is InChI=1S/C13H18O3/c1-4-9(2)13(15)16-10(3)11-5-7-12(14)8-6-11/h5-10,14H,4H2,1-3H3. The normalized spacial score (nSPS) is 14.2. The van der Waals surface area contributed by atoms with E-state index in [1.54, 1.807) is 24.3 Å². The highest BCUT2D eigenvalue weighted by atomic mass is 16.5. The molecule has 1 aromatic carbocycles. The second-order valence-electron chi connectivity index (χ2n) is 3.98. The van der Waals surface area contributed by atoms with Gasteiger partial charge in [-0.25, -0.2) is 0 Å². The molecule has 0 bridgehead atoms.